The van der Waals surface area contributed by atoms with Gasteiger partial charge in [0.2, 0.25) is 0 Å². The summed E-state index contributed by atoms with van der Waals surface area (Å²) in [6.07, 6.45) is 5.23. The monoisotopic (exact) mass is 208 g/mol. The summed E-state index contributed by atoms with van der Waals surface area (Å²) in [5.74, 6) is -0.234. The van der Waals surface area contributed by atoms with E-state index in [0.29, 0.717) is 12.2 Å². The lowest BCUT2D eigenvalue weighted by Crippen LogP contribution is -2.44. The number of hydrazine groups is 1. The number of carbonyl (C=O) groups is 1. The molecule has 1 saturated heterocycles. The molecule has 1 aliphatic heterocycles. The van der Waals surface area contributed by atoms with Crippen molar-refractivity contribution in [1.82, 2.24) is 20.8 Å². The van der Waals surface area contributed by atoms with Crippen LogP contribution in [0, 0.1) is 0 Å². The molecule has 6 heteroatoms. The third-order valence-electron chi connectivity index (χ3n) is 2.14. The number of ether oxygens (including phenoxy) is 1. The molecular weight excluding hydrogens is 196 g/mol. The highest BCUT2D eigenvalue weighted by Crippen LogP contribution is 2.01. The minimum absolute atomic E-state index is 0.193. The van der Waals surface area contributed by atoms with E-state index in [0.717, 1.165) is 13.0 Å². The van der Waals surface area contributed by atoms with E-state index in [4.69, 9.17) is 4.74 Å². The molecule has 1 unspecified atom stereocenters. The van der Waals surface area contributed by atoms with E-state index in [1.54, 1.807) is 0 Å². The Labute approximate surface area is 87.0 Å². The molecule has 1 fully saturated rings. The Hall–Kier alpha value is -1.53. The molecule has 2 N–H and O–H groups in total. The maximum absolute atomic E-state index is 11.5. The van der Waals surface area contributed by atoms with Gasteiger partial charge in [-0.05, 0) is 6.42 Å². The van der Waals surface area contributed by atoms with Gasteiger partial charge in [-0.1, -0.05) is 0 Å². The van der Waals surface area contributed by atoms with Crippen LogP contribution in [0.3, 0.4) is 0 Å². The fourth-order valence-corrected chi connectivity index (χ4v) is 1.30. The number of nitrogens with one attached hydrogen (secondary N) is 2. The largest absolute Gasteiger partial charge is 0.380 e. The van der Waals surface area contributed by atoms with Gasteiger partial charge >= 0.3 is 0 Å². The highest BCUT2D eigenvalue weighted by atomic mass is 16.5. The molecule has 1 amide bonds. The van der Waals surface area contributed by atoms with Crippen molar-refractivity contribution in [2.45, 2.75) is 12.5 Å². The topological polar surface area (TPSA) is 76.1 Å². The van der Waals surface area contributed by atoms with Crippen LogP contribution in [0.25, 0.3) is 0 Å². The van der Waals surface area contributed by atoms with Crippen LogP contribution in [0.4, 0.5) is 0 Å². The maximum Gasteiger partial charge on any atom is 0.268 e. The Balaban J connectivity index is 1.82. The summed E-state index contributed by atoms with van der Waals surface area (Å²) < 4.78 is 5.16. The van der Waals surface area contributed by atoms with Crippen LogP contribution in [0.5, 0.6) is 0 Å². The standard InChI is InChI=1S/C9H12N4O2/c14-9(7-3-10-6-11-4-7)13-12-8-1-2-15-5-8/h3-4,6,8,12H,1-2,5H2,(H,13,14). The Morgan fingerprint density at radius 2 is 2.27 bits per heavy atom. The lowest BCUT2D eigenvalue weighted by molar-refractivity contribution is 0.0921. The first-order chi connectivity index (χ1) is 7.36. The summed E-state index contributed by atoms with van der Waals surface area (Å²) in [7, 11) is 0. The quantitative estimate of drug-likeness (QED) is 0.655. The highest BCUT2D eigenvalue weighted by Gasteiger charge is 2.16. The molecule has 6 nitrogen and oxygen atoms in total. The third-order valence-corrected chi connectivity index (χ3v) is 2.14. The van der Waals surface area contributed by atoms with Gasteiger partial charge in [0, 0.05) is 19.0 Å². The smallest absolute Gasteiger partial charge is 0.268 e. The minimum atomic E-state index is -0.234. The van der Waals surface area contributed by atoms with Gasteiger partial charge < -0.3 is 4.74 Å². The zero-order valence-corrected chi connectivity index (χ0v) is 8.14. The number of hydrogen-bond donors (Lipinski definition) is 2. The predicted molar refractivity (Wildman–Crippen MR) is 51.9 cm³/mol. The van der Waals surface area contributed by atoms with Gasteiger partial charge in [-0.15, -0.1) is 0 Å². The molecule has 0 bridgehead atoms. The van der Waals surface area contributed by atoms with Crippen molar-refractivity contribution in [3.8, 4) is 0 Å². The second-order valence-electron chi connectivity index (χ2n) is 3.29. The van der Waals surface area contributed by atoms with Crippen LogP contribution in [0.2, 0.25) is 0 Å². The van der Waals surface area contributed by atoms with Gasteiger partial charge in [0.25, 0.3) is 5.91 Å². The van der Waals surface area contributed by atoms with Crippen LogP contribution in [0.15, 0.2) is 18.7 Å². The first-order valence-electron chi connectivity index (χ1n) is 4.75. The van der Waals surface area contributed by atoms with E-state index in [1.807, 2.05) is 0 Å². The number of aromatic nitrogens is 2. The second-order valence-corrected chi connectivity index (χ2v) is 3.29. The van der Waals surface area contributed by atoms with Crippen LogP contribution < -0.4 is 10.9 Å². The van der Waals surface area contributed by atoms with Gasteiger partial charge in [-0.3, -0.25) is 10.2 Å². The van der Waals surface area contributed by atoms with Crippen molar-refractivity contribution < 1.29 is 9.53 Å². The van der Waals surface area contributed by atoms with Crippen LogP contribution in [-0.2, 0) is 4.74 Å². The fraction of sp³-hybridized carbons (Fsp3) is 0.444. The van der Waals surface area contributed by atoms with Gasteiger partial charge in [0.1, 0.15) is 6.33 Å². The van der Waals surface area contributed by atoms with Crippen molar-refractivity contribution in [2.24, 2.45) is 0 Å². The zero-order chi connectivity index (χ0) is 10.5. The van der Waals surface area contributed by atoms with Gasteiger partial charge in [0.15, 0.2) is 0 Å². The molecule has 1 aromatic heterocycles. The van der Waals surface area contributed by atoms with Crippen molar-refractivity contribution in [3.05, 3.63) is 24.3 Å². The molecule has 0 aromatic carbocycles. The summed E-state index contributed by atoms with van der Waals surface area (Å²) >= 11 is 0. The molecule has 15 heavy (non-hydrogen) atoms. The van der Waals surface area contributed by atoms with E-state index in [9.17, 15) is 4.79 Å². The van der Waals surface area contributed by atoms with Gasteiger partial charge in [0.05, 0.1) is 18.2 Å². The Kier molecular flexibility index (Phi) is 3.21. The molecule has 1 atom stereocenters. The summed E-state index contributed by atoms with van der Waals surface area (Å²) in [5.41, 5.74) is 5.93. The Morgan fingerprint density at radius 3 is 2.93 bits per heavy atom. The first kappa shape index (κ1) is 10.0. The van der Waals surface area contributed by atoms with Gasteiger partial charge in [-0.25, -0.2) is 15.4 Å². The summed E-state index contributed by atoms with van der Waals surface area (Å²) in [6, 6.07) is 0.193. The van der Waals surface area contributed by atoms with Gasteiger partial charge in [-0.2, -0.15) is 0 Å². The van der Waals surface area contributed by atoms with E-state index < -0.39 is 0 Å². The Morgan fingerprint density at radius 1 is 1.47 bits per heavy atom. The van der Waals surface area contributed by atoms with Crippen molar-refractivity contribution in [1.29, 1.82) is 0 Å². The van der Waals surface area contributed by atoms with E-state index >= 15 is 0 Å². The normalized spacial score (nSPS) is 20.1. The van der Waals surface area contributed by atoms with Crippen LogP contribution in [-0.4, -0.2) is 35.1 Å². The molecular formula is C9H12N4O2. The molecule has 0 aliphatic carbocycles. The van der Waals surface area contributed by atoms with E-state index in [1.165, 1.54) is 18.7 Å². The number of amides is 1. The fourth-order valence-electron chi connectivity index (χ4n) is 1.30. The molecule has 0 spiro atoms. The predicted octanol–water partition coefficient (Wildman–Crippen LogP) is -0.500. The average molecular weight is 208 g/mol. The number of hydrogen-bond acceptors (Lipinski definition) is 5. The lowest BCUT2D eigenvalue weighted by Gasteiger charge is -2.11. The number of rotatable bonds is 3. The lowest BCUT2D eigenvalue weighted by atomic mass is 10.3. The summed E-state index contributed by atoms with van der Waals surface area (Å²) in [4.78, 5) is 19.0. The SMILES string of the molecule is O=C(NNC1CCOC1)c1cncnc1. The van der Waals surface area contributed by atoms with Crippen molar-refractivity contribution >= 4 is 5.91 Å². The first-order valence-corrected chi connectivity index (χ1v) is 4.75. The molecule has 80 valence electrons. The summed E-state index contributed by atoms with van der Waals surface area (Å²) in [5, 5.41) is 0. The maximum atomic E-state index is 11.5. The molecule has 0 radical (unpaired) electrons. The molecule has 2 rings (SSSR count). The number of carbonyl (C=O) groups excluding carboxylic acids is 1. The third kappa shape index (κ3) is 2.71. The van der Waals surface area contributed by atoms with Crippen molar-refractivity contribution in [2.75, 3.05) is 13.2 Å². The average Bonchev–Trinajstić information content (AvgIpc) is 2.80. The van der Waals surface area contributed by atoms with Crippen LogP contribution in [0.1, 0.15) is 16.8 Å². The molecule has 1 aromatic rings. The second kappa shape index (κ2) is 4.81. The van der Waals surface area contributed by atoms with Crippen LogP contribution >= 0.6 is 0 Å². The van der Waals surface area contributed by atoms with E-state index in [2.05, 4.69) is 20.8 Å². The Bertz CT molecular complexity index is 324. The zero-order valence-electron chi connectivity index (χ0n) is 8.14. The van der Waals surface area contributed by atoms with Crippen molar-refractivity contribution in [3.63, 3.8) is 0 Å². The molecule has 2 heterocycles. The minimum Gasteiger partial charge on any atom is -0.380 e. The summed E-state index contributed by atoms with van der Waals surface area (Å²) in [6.45, 7) is 1.37. The van der Waals surface area contributed by atoms with E-state index in [-0.39, 0.29) is 11.9 Å². The molecule has 0 saturated carbocycles. The molecule has 1 aliphatic rings. The number of nitrogens with zero attached hydrogens (tertiary/aromatic N) is 2. The highest BCUT2D eigenvalue weighted by molar-refractivity contribution is 5.93.